The fraction of sp³-hybridized carbons (Fsp3) is 0.846. The van der Waals surface area contributed by atoms with Gasteiger partial charge in [0.05, 0.1) is 6.54 Å². The van der Waals surface area contributed by atoms with Crippen molar-refractivity contribution in [2.75, 3.05) is 46.3 Å². The lowest BCUT2D eigenvalue weighted by atomic mass is 10.0. The number of likely N-dealkylation sites (tertiary alicyclic amines) is 1. The minimum absolute atomic E-state index is 0.238. The quantitative estimate of drug-likeness (QED) is 0.652. The van der Waals surface area contributed by atoms with Crippen molar-refractivity contribution < 1.29 is 9.59 Å². The summed E-state index contributed by atoms with van der Waals surface area (Å²) in [6, 6.07) is 0.432. The third kappa shape index (κ3) is 3.29. The van der Waals surface area contributed by atoms with Crippen LogP contribution in [0.2, 0.25) is 0 Å². The van der Waals surface area contributed by atoms with Crippen LogP contribution < -0.4 is 0 Å². The van der Waals surface area contributed by atoms with Gasteiger partial charge in [-0.05, 0) is 33.0 Å². The van der Waals surface area contributed by atoms with Gasteiger partial charge in [0, 0.05) is 32.1 Å². The number of carbonyl (C=O) groups excluding carboxylic acids is 2. The molecular formula is C13H23N3O2. The Morgan fingerprint density at radius 1 is 1.22 bits per heavy atom. The number of piperidine rings is 1. The van der Waals surface area contributed by atoms with Gasteiger partial charge in [-0.3, -0.25) is 9.69 Å². The second-order valence-electron chi connectivity index (χ2n) is 5.35. The summed E-state index contributed by atoms with van der Waals surface area (Å²) in [6.07, 6.45) is 3.64. The van der Waals surface area contributed by atoms with E-state index in [2.05, 4.69) is 21.7 Å². The molecule has 0 aromatic heterocycles. The van der Waals surface area contributed by atoms with E-state index in [-0.39, 0.29) is 5.91 Å². The molecule has 0 bridgehead atoms. The first-order valence-corrected chi connectivity index (χ1v) is 6.84. The van der Waals surface area contributed by atoms with Crippen LogP contribution >= 0.6 is 0 Å². The first kappa shape index (κ1) is 13.5. The summed E-state index contributed by atoms with van der Waals surface area (Å²) < 4.78 is 0. The molecule has 2 aliphatic rings. The van der Waals surface area contributed by atoms with Gasteiger partial charge >= 0.3 is 0 Å². The van der Waals surface area contributed by atoms with Crippen molar-refractivity contribution in [3.05, 3.63) is 0 Å². The summed E-state index contributed by atoms with van der Waals surface area (Å²) in [5.41, 5.74) is 0. The van der Waals surface area contributed by atoms with Crippen LogP contribution in [0.3, 0.4) is 0 Å². The molecule has 1 amide bonds. The van der Waals surface area contributed by atoms with Crippen LogP contribution in [0.1, 0.15) is 19.3 Å². The number of carbonyl (C=O) groups is 2. The maximum Gasteiger partial charge on any atom is 0.237 e. The second-order valence-corrected chi connectivity index (χ2v) is 5.35. The third-order valence-electron chi connectivity index (χ3n) is 4.03. The highest BCUT2D eigenvalue weighted by molar-refractivity contribution is 5.79. The smallest absolute Gasteiger partial charge is 0.237 e. The lowest BCUT2D eigenvalue weighted by Crippen LogP contribution is -2.56. The molecule has 5 heteroatoms. The molecule has 0 aliphatic carbocycles. The fourth-order valence-electron chi connectivity index (χ4n) is 2.85. The number of hydrogen-bond acceptors (Lipinski definition) is 4. The zero-order chi connectivity index (χ0) is 13.0. The maximum absolute atomic E-state index is 12.1. The predicted molar refractivity (Wildman–Crippen MR) is 69.4 cm³/mol. The topological polar surface area (TPSA) is 43.9 Å². The lowest BCUT2D eigenvalue weighted by molar-refractivity contribution is -0.140. The van der Waals surface area contributed by atoms with E-state index in [4.69, 9.17) is 0 Å². The Kier molecular flexibility index (Phi) is 4.72. The van der Waals surface area contributed by atoms with E-state index in [0.29, 0.717) is 19.0 Å². The summed E-state index contributed by atoms with van der Waals surface area (Å²) in [5, 5.41) is 0. The summed E-state index contributed by atoms with van der Waals surface area (Å²) in [7, 11) is 2.13. The Morgan fingerprint density at radius 2 is 1.94 bits per heavy atom. The Morgan fingerprint density at radius 3 is 2.56 bits per heavy atom. The molecule has 0 radical (unpaired) electrons. The molecule has 0 spiro atoms. The Balaban J connectivity index is 1.82. The molecule has 0 saturated carbocycles. The van der Waals surface area contributed by atoms with E-state index >= 15 is 0 Å². The number of nitrogens with zero attached hydrogens (tertiary/aromatic N) is 3. The molecule has 5 nitrogen and oxygen atoms in total. The summed E-state index contributed by atoms with van der Waals surface area (Å²) in [6.45, 7) is 5.11. The molecule has 0 unspecified atom stereocenters. The molecule has 2 rings (SSSR count). The van der Waals surface area contributed by atoms with E-state index in [1.54, 1.807) is 0 Å². The van der Waals surface area contributed by atoms with Gasteiger partial charge in [-0.1, -0.05) is 0 Å². The monoisotopic (exact) mass is 253 g/mol. The number of amides is 1. The van der Waals surface area contributed by atoms with Gasteiger partial charge < -0.3 is 14.6 Å². The summed E-state index contributed by atoms with van der Waals surface area (Å²) in [5.74, 6) is 0.238. The van der Waals surface area contributed by atoms with Gasteiger partial charge in [0.2, 0.25) is 5.91 Å². The van der Waals surface area contributed by atoms with Crippen LogP contribution in [0.15, 0.2) is 0 Å². The maximum atomic E-state index is 12.1. The Labute approximate surface area is 109 Å². The van der Waals surface area contributed by atoms with Crippen LogP contribution in [0.25, 0.3) is 0 Å². The van der Waals surface area contributed by atoms with Gasteiger partial charge in [-0.15, -0.1) is 0 Å². The Hall–Kier alpha value is -0.940. The van der Waals surface area contributed by atoms with E-state index in [9.17, 15) is 9.59 Å². The van der Waals surface area contributed by atoms with Gasteiger partial charge in [0.1, 0.15) is 6.29 Å². The predicted octanol–water partition coefficient (Wildman–Crippen LogP) is -0.186. The second kappa shape index (κ2) is 6.29. The van der Waals surface area contributed by atoms with Crippen molar-refractivity contribution in [2.24, 2.45) is 0 Å². The van der Waals surface area contributed by atoms with Crippen molar-refractivity contribution >= 4 is 12.2 Å². The molecular weight excluding hydrogens is 230 g/mol. The van der Waals surface area contributed by atoms with Crippen molar-refractivity contribution in [1.29, 1.82) is 0 Å². The van der Waals surface area contributed by atoms with Crippen LogP contribution in [-0.2, 0) is 9.59 Å². The molecule has 102 valence electrons. The van der Waals surface area contributed by atoms with Crippen molar-refractivity contribution in [1.82, 2.24) is 14.7 Å². The standard InChI is InChI=1S/C13H23N3O2/c1-14-6-3-12(4-7-14)16-9-8-15(5-2-10-17)11-13(16)18/h10,12H,2-9,11H2,1H3. The molecule has 2 heterocycles. The molecule has 2 saturated heterocycles. The molecule has 0 atom stereocenters. The van der Waals surface area contributed by atoms with Crippen molar-refractivity contribution in [3.63, 3.8) is 0 Å². The number of aldehydes is 1. The Bertz CT molecular complexity index is 301. The van der Waals surface area contributed by atoms with Crippen molar-refractivity contribution in [3.8, 4) is 0 Å². The van der Waals surface area contributed by atoms with E-state index in [1.807, 2.05) is 0 Å². The van der Waals surface area contributed by atoms with Crippen LogP contribution in [0.4, 0.5) is 0 Å². The average Bonchev–Trinajstić information content (AvgIpc) is 2.38. The first-order valence-electron chi connectivity index (χ1n) is 6.84. The molecule has 2 aliphatic heterocycles. The summed E-state index contributed by atoms with van der Waals surface area (Å²) >= 11 is 0. The SMILES string of the molecule is CN1CCC(N2CCN(CCC=O)CC2=O)CC1. The molecule has 2 fully saturated rings. The van der Waals surface area contributed by atoms with Crippen molar-refractivity contribution in [2.45, 2.75) is 25.3 Å². The van der Waals surface area contributed by atoms with Gasteiger partial charge in [0.15, 0.2) is 0 Å². The molecule has 0 aromatic rings. The highest BCUT2D eigenvalue weighted by Gasteiger charge is 2.30. The zero-order valence-corrected chi connectivity index (χ0v) is 11.2. The lowest BCUT2D eigenvalue weighted by Gasteiger charge is -2.42. The largest absolute Gasteiger partial charge is 0.337 e. The van der Waals surface area contributed by atoms with Crippen LogP contribution in [0, 0.1) is 0 Å². The third-order valence-corrected chi connectivity index (χ3v) is 4.03. The zero-order valence-electron chi connectivity index (χ0n) is 11.2. The number of piperazine rings is 1. The van der Waals surface area contributed by atoms with E-state index in [0.717, 1.165) is 51.9 Å². The minimum Gasteiger partial charge on any atom is -0.337 e. The number of rotatable bonds is 4. The van der Waals surface area contributed by atoms with E-state index < -0.39 is 0 Å². The van der Waals surface area contributed by atoms with Gasteiger partial charge in [0.25, 0.3) is 0 Å². The summed E-state index contributed by atoms with van der Waals surface area (Å²) in [4.78, 5) is 28.9. The normalized spacial score (nSPS) is 24.5. The van der Waals surface area contributed by atoms with Gasteiger partial charge in [-0.25, -0.2) is 0 Å². The minimum atomic E-state index is 0.238. The van der Waals surface area contributed by atoms with Crippen LogP contribution in [-0.4, -0.2) is 79.3 Å². The highest BCUT2D eigenvalue weighted by atomic mass is 16.2. The van der Waals surface area contributed by atoms with Crippen LogP contribution in [0.5, 0.6) is 0 Å². The van der Waals surface area contributed by atoms with E-state index in [1.165, 1.54) is 0 Å². The first-order chi connectivity index (χ1) is 8.70. The number of hydrogen-bond donors (Lipinski definition) is 0. The molecule has 0 N–H and O–H groups in total. The average molecular weight is 253 g/mol. The fourth-order valence-corrected chi connectivity index (χ4v) is 2.85. The molecule has 0 aromatic carbocycles. The van der Waals surface area contributed by atoms with Gasteiger partial charge in [-0.2, -0.15) is 0 Å². The molecule has 18 heavy (non-hydrogen) atoms. The highest BCUT2D eigenvalue weighted by Crippen LogP contribution is 2.18.